The molecule has 0 atom stereocenters. The van der Waals surface area contributed by atoms with Crippen molar-refractivity contribution in [1.82, 2.24) is 0 Å². The van der Waals surface area contributed by atoms with E-state index in [1.807, 2.05) is 0 Å². The molecule has 0 aliphatic carbocycles. The van der Waals surface area contributed by atoms with Gasteiger partial charge < -0.3 is 9.57 Å². The van der Waals surface area contributed by atoms with E-state index in [2.05, 4.69) is 15.7 Å². The molecule has 0 aliphatic heterocycles. The summed E-state index contributed by atoms with van der Waals surface area (Å²) in [6.07, 6.45) is 0. The van der Waals surface area contributed by atoms with Crippen LogP contribution in [0.25, 0.3) is 0 Å². The lowest BCUT2D eigenvalue weighted by Gasteiger charge is -2.09. The first-order chi connectivity index (χ1) is 16.3. The second-order valence-corrected chi connectivity index (χ2v) is 6.50. The summed E-state index contributed by atoms with van der Waals surface area (Å²) in [4.78, 5) is 49.6. The first-order valence-electron chi connectivity index (χ1n) is 9.38. The zero-order valence-corrected chi connectivity index (χ0v) is 17.4. The van der Waals surface area contributed by atoms with Crippen LogP contribution in [0.5, 0.6) is 5.75 Å². The number of benzene rings is 3. The highest BCUT2D eigenvalue weighted by Crippen LogP contribution is 2.24. The molecule has 3 aromatic rings. The molecule has 1 amide bonds. The van der Waals surface area contributed by atoms with E-state index < -0.39 is 33.1 Å². The fourth-order valence-corrected chi connectivity index (χ4v) is 2.66. The highest BCUT2D eigenvalue weighted by molar-refractivity contribution is 5.96. The number of hydrogen-bond acceptors (Lipinski definition) is 10. The Hall–Kier alpha value is -5.20. The zero-order chi connectivity index (χ0) is 24.7. The molecule has 0 heterocycles. The van der Waals surface area contributed by atoms with Gasteiger partial charge in [-0.3, -0.25) is 25.0 Å². The molecule has 0 spiro atoms. The molecule has 3 aromatic carbocycles. The standard InChI is InChI=1S/C21H15N5O8/c1-33-19-5-3-2-4-18(19)21(28)34-24-15-8-6-14(7-9-15)22-23-20(27)13-10-16(25(29)30)12-17(11-13)26(31)32/h2-12,24H,1H3. The maximum atomic E-state index is 12.2. The maximum absolute atomic E-state index is 12.2. The lowest BCUT2D eigenvalue weighted by molar-refractivity contribution is -0.394. The Morgan fingerprint density at radius 3 is 2.12 bits per heavy atom. The number of non-ortho nitro benzene ring substituents is 2. The third-order valence-corrected chi connectivity index (χ3v) is 4.28. The van der Waals surface area contributed by atoms with E-state index in [4.69, 9.17) is 9.57 Å². The van der Waals surface area contributed by atoms with Gasteiger partial charge in [0.1, 0.15) is 11.3 Å². The number of nitro benzene ring substituents is 2. The van der Waals surface area contributed by atoms with Crippen LogP contribution in [0.15, 0.2) is 77.0 Å². The van der Waals surface area contributed by atoms with E-state index in [1.54, 1.807) is 24.3 Å². The minimum atomic E-state index is -1.00. The minimum Gasteiger partial charge on any atom is -0.496 e. The zero-order valence-electron chi connectivity index (χ0n) is 17.4. The minimum absolute atomic E-state index is 0.225. The van der Waals surface area contributed by atoms with Crippen LogP contribution >= 0.6 is 0 Å². The van der Waals surface area contributed by atoms with Crippen molar-refractivity contribution in [3.05, 3.63) is 98.1 Å². The van der Waals surface area contributed by atoms with E-state index in [1.165, 1.54) is 31.4 Å². The van der Waals surface area contributed by atoms with E-state index in [0.29, 0.717) is 11.4 Å². The number of nitro groups is 2. The maximum Gasteiger partial charge on any atom is 0.366 e. The first kappa shape index (κ1) is 23.5. The average Bonchev–Trinajstić information content (AvgIpc) is 2.85. The summed E-state index contributed by atoms with van der Waals surface area (Å²) < 4.78 is 5.10. The Balaban J connectivity index is 1.66. The molecule has 0 aliphatic rings. The van der Waals surface area contributed by atoms with Crippen LogP contribution < -0.4 is 10.2 Å². The third-order valence-electron chi connectivity index (χ3n) is 4.28. The molecule has 34 heavy (non-hydrogen) atoms. The van der Waals surface area contributed by atoms with Gasteiger partial charge in [0.25, 0.3) is 17.3 Å². The average molecular weight is 465 g/mol. The molecule has 1 N–H and O–H groups in total. The van der Waals surface area contributed by atoms with Crippen LogP contribution in [0.1, 0.15) is 20.7 Å². The van der Waals surface area contributed by atoms with Crippen LogP contribution in [0.2, 0.25) is 0 Å². The van der Waals surface area contributed by atoms with Gasteiger partial charge in [0.15, 0.2) is 0 Å². The van der Waals surface area contributed by atoms with Gasteiger partial charge in [-0.1, -0.05) is 12.1 Å². The number of azo groups is 1. The number of anilines is 1. The molecular weight excluding hydrogens is 450 g/mol. The molecule has 13 heteroatoms. The van der Waals surface area contributed by atoms with Crippen LogP contribution in [-0.4, -0.2) is 28.8 Å². The molecule has 0 saturated carbocycles. The Kier molecular flexibility index (Phi) is 7.18. The summed E-state index contributed by atoms with van der Waals surface area (Å²) in [5, 5.41) is 29.1. The molecule has 0 aromatic heterocycles. The molecule has 0 saturated heterocycles. The van der Waals surface area contributed by atoms with Crippen molar-refractivity contribution in [3.63, 3.8) is 0 Å². The van der Waals surface area contributed by atoms with Gasteiger partial charge in [-0.15, -0.1) is 10.2 Å². The molecule has 172 valence electrons. The predicted molar refractivity (Wildman–Crippen MR) is 117 cm³/mol. The van der Waals surface area contributed by atoms with Crippen LogP contribution in [0, 0.1) is 20.2 Å². The van der Waals surface area contributed by atoms with Crippen molar-refractivity contribution in [1.29, 1.82) is 0 Å². The van der Waals surface area contributed by atoms with Crippen molar-refractivity contribution in [2.45, 2.75) is 0 Å². The van der Waals surface area contributed by atoms with E-state index in [0.717, 1.165) is 18.2 Å². The number of rotatable bonds is 8. The summed E-state index contributed by atoms with van der Waals surface area (Å²) in [5.74, 6) is -1.32. The third kappa shape index (κ3) is 5.73. The summed E-state index contributed by atoms with van der Waals surface area (Å²) in [6.45, 7) is 0. The summed E-state index contributed by atoms with van der Waals surface area (Å²) >= 11 is 0. The molecule has 0 radical (unpaired) electrons. The molecule has 0 bridgehead atoms. The largest absolute Gasteiger partial charge is 0.496 e. The van der Waals surface area contributed by atoms with Gasteiger partial charge in [-0.2, -0.15) is 0 Å². The Bertz CT molecular complexity index is 1260. The highest BCUT2D eigenvalue weighted by atomic mass is 16.7. The lowest BCUT2D eigenvalue weighted by Crippen LogP contribution is -2.11. The van der Waals surface area contributed by atoms with Gasteiger partial charge in [0.2, 0.25) is 0 Å². The van der Waals surface area contributed by atoms with E-state index in [-0.39, 0.29) is 16.8 Å². The highest BCUT2D eigenvalue weighted by Gasteiger charge is 2.20. The number of nitrogens with zero attached hydrogens (tertiary/aromatic N) is 4. The number of para-hydroxylation sites is 1. The smallest absolute Gasteiger partial charge is 0.366 e. The Morgan fingerprint density at radius 1 is 0.912 bits per heavy atom. The van der Waals surface area contributed by atoms with Gasteiger partial charge in [0.05, 0.1) is 40.0 Å². The number of carbonyl (C=O) groups excluding carboxylic acids is 2. The van der Waals surface area contributed by atoms with Crippen molar-refractivity contribution in [3.8, 4) is 5.75 Å². The lowest BCUT2D eigenvalue weighted by atomic mass is 10.1. The van der Waals surface area contributed by atoms with Gasteiger partial charge >= 0.3 is 5.97 Å². The topological polar surface area (TPSA) is 176 Å². The SMILES string of the molecule is COc1ccccc1C(=O)ONc1ccc(N=NC(=O)c2cc([N+](=O)[O-])cc([N+](=O)[O-])c2)cc1. The summed E-state index contributed by atoms with van der Waals surface area (Å²) in [5.41, 5.74) is 1.73. The van der Waals surface area contributed by atoms with E-state index in [9.17, 15) is 29.8 Å². The number of amides is 1. The number of methoxy groups -OCH3 is 1. The predicted octanol–water partition coefficient (Wildman–Crippen LogP) is 4.62. The molecular formula is C21H15N5O8. The Labute approximate surface area is 190 Å². The van der Waals surface area contributed by atoms with Gasteiger partial charge in [-0.05, 0) is 36.4 Å². The summed E-state index contributed by atoms with van der Waals surface area (Å²) in [6, 6.07) is 14.9. The van der Waals surface area contributed by atoms with Crippen molar-refractivity contribution >= 4 is 34.6 Å². The quantitative estimate of drug-likeness (QED) is 0.282. The molecule has 13 nitrogen and oxygen atoms in total. The van der Waals surface area contributed by atoms with Crippen LogP contribution in [0.4, 0.5) is 22.7 Å². The second-order valence-electron chi connectivity index (χ2n) is 6.50. The van der Waals surface area contributed by atoms with Crippen molar-refractivity contribution in [2.24, 2.45) is 10.2 Å². The van der Waals surface area contributed by atoms with Crippen LogP contribution in [-0.2, 0) is 4.84 Å². The fourth-order valence-electron chi connectivity index (χ4n) is 2.66. The molecule has 0 unspecified atom stereocenters. The number of ether oxygens (including phenoxy) is 1. The van der Waals surface area contributed by atoms with Gasteiger partial charge in [-0.25, -0.2) is 10.3 Å². The number of nitrogens with one attached hydrogen (secondary N) is 1. The normalized spacial score (nSPS) is 10.5. The monoisotopic (exact) mass is 465 g/mol. The fraction of sp³-hybridized carbons (Fsp3) is 0.0476. The molecule has 3 rings (SSSR count). The van der Waals surface area contributed by atoms with Crippen LogP contribution in [0.3, 0.4) is 0 Å². The summed E-state index contributed by atoms with van der Waals surface area (Å²) in [7, 11) is 1.43. The number of carbonyl (C=O) groups is 2. The van der Waals surface area contributed by atoms with Gasteiger partial charge in [0, 0.05) is 12.1 Å². The number of hydrogen-bond donors (Lipinski definition) is 1. The molecule has 0 fully saturated rings. The van der Waals surface area contributed by atoms with E-state index >= 15 is 0 Å². The second kappa shape index (κ2) is 10.4. The Morgan fingerprint density at radius 2 is 1.53 bits per heavy atom. The van der Waals surface area contributed by atoms with Crippen molar-refractivity contribution < 1.29 is 29.0 Å². The van der Waals surface area contributed by atoms with Crippen molar-refractivity contribution in [2.75, 3.05) is 12.6 Å². The first-order valence-corrected chi connectivity index (χ1v) is 9.38.